The largest absolute Gasteiger partial charge is 0.488 e. The molecule has 0 spiro atoms. The highest BCUT2D eigenvalue weighted by molar-refractivity contribution is 9.10. The van der Waals surface area contributed by atoms with Gasteiger partial charge < -0.3 is 10.1 Å². The molecule has 0 atom stereocenters. The van der Waals surface area contributed by atoms with Gasteiger partial charge in [0.1, 0.15) is 12.4 Å². The fraction of sp³-hybridized carbons (Fsp3) is 0.353. The molecule has 1 N–H and O–H groups in total. The monoisotopic (exact) mass is 346 g/mol. The van der Waals surface area contributed by atoms with Crippen LogP contribution < -0.4 is 10.1 Å². The Kier molecular flexibility index (Phi) is 4.56. The molecule has 0 bridgehead atoms. The highest BCUT2D eigenvalue weighted by atomic mass is 79.9. The number of nitrogens with zero attached hydrogens (tertiary/aromatic N) is 1. The number of benzene rings is 1. The van der Waals surface area contributed by atoms with Crippen molar-refractivity contribution in [2.45, 2.75) is 39.0 Å². The third kappa shape index (κ3) is 4.05. The van der Waals surface area contributed by atoms with Crippen LogP contribution in [0.15, 0.2) is 41.1 Å². The van der Waals surface area contributed by atoms with Crippen molar-refractivity contribution in [2.24, 2.45) is 0 Å². The predicted molar refractivity (Wildman–Crippen MR) is 87.3 cm³/mol. The van der Waals surface area contributed by atoms with Gasteiger partial charge in [-0.15, -0.1) is 0 Å². The Labute approximate surface area is 133 Å². The number of aryl methyl sites for hydroxylation is 1. The van der Waals surface area contributed by atoms with Crippen LogP contribution in [-0.2, 0) is 13.2 Å². The van der Waals surface area contributed by atoms with Gasteiger partial charge in [0, 0.05) is 35.0 Å². The first-order valence-corrected chi connectivity index (χ1v) is 8.06. The average Bonchev–Trinajstić information content (AvgIpc) is 3.29. The minimum atomic E-state index is 0.571. The number of aromatic nitrogens is 1. The average molecular weight is 347 g/mol. The van der Waals surface area contributed by atoms with Crippen molar-refractivity contribution in [3.63, 3.8) is 0 Å². The van der Waals surface area contributed by atoms with Crippen molar-refractivity contribution in [1.82, 2.24) is 10.3 Å². The van der Waals surface area contributed by atoms with Gasteiger partial charge in [0.15, 0.2) is 0 Å². The van der Waals surface area contributed by atoms with Gasteiger partial charge in [-0.25, -0.2) is 0 Å². The van der Waals surface area contributed by atoms with E-state index in [9.17, 15) is 0 Å². The van der Waals surface area contributed by atoms with Gasteiger partial charge in [-0.3, -0.25) is 4.98 Å². The summed E-state index contributed by atoms with van der Waals surface area (Å²) in [6, 6.07) is 8.90. The molecule has 0 amide bonds. The van der Waals surface area contributed by atoms with Gasteiger partial charge in [0.25, 0.3) is 0 Å². The van der Waals surface area contributed by atoms with Crippen LogP contribution in [0.5, 0.6) is 5.75 Å². The number of rotatable bonds is 6. The lowest BCUT2D eigenvalue weighted by atomic mass is 10.1. The molecule has 1 aliphatic rings. The summed E-state index contributed by atoms with van der Waals surface area (Å²) in [5.41, 5.74) is 3.50. The second kappa shape index (κ2) is 6.58. The van der Waals surface area contributed by atoms with Gasteiger partial charge >= 0.3 is 0 Å². The lowest BCUT2D eigenvalue weighted by molar-refractivity contribution is 0.299. The minimum absolute atomic E-state index is 0.571. The number of halogens is 1. The van der Waals surface area contributed by atoms with Gasteiger partial charge in [0.2, 0.25) is 0 Å². The number of nitrogens with one attached hydrogen (secondary N) is 1. The predicted octanol–water partition coefficient (Wildman–Crippen LogP) is 3.98. The Balaban J connectivity index is 1.74. The van der Waals surface area contributed by atoms with Crippen LogP contribution in [0.1, 0.15) is 29.5 Å². The number of ether oxygens (including phenoxy) is 1. The third-order valence-electron chi connectivity index (χ3n) is 3.61. The number of hydrogen-bond acceptors (Lipinski definition) is 3. The molecular formula is C17H19BrN2O. The van der Waals surface area contributed by atoms with E-state index >= 15 is 0 Å². The molecule has 0 unspecified atom stereocenters. The second-order valence-corrected chi connectivity index (χ2v) is 6.43. The maximum Gasteiger partial charge on any atom is 0.127 e. The maximum absolute atomic E-state index is 6.07. The molecule has 3 nitrogen and oxygen atoms in total. The Hall–Kier alpha value is -1.39. The molecule has 2 aromatic rings. The summed E-state index contributed by atoms with van der Waals surface area (Å²) in [6.45, 7) is 3.52. The van der Waals surface area contributed by atoms with E-state index in [0.717, 1.165) is 27.9 Å². The SMILES string of the molecule is Cc1cc(Br)cc(CNC2CC2)c1OCc1ccncc1. The van der Waals surface area contributed by atoms with Gasteiger partial charge in [-0.05, 0) is 55.2 Å². The van der Waals surface area contributed by atoms with Gasteiger partial charge in [-0.2, -0.15) is 0 Å². The van der Waals surface area contributed by atoms with Gasteiger partial charge in [0.05, 0.1) is 0 Å². The zero-order valence-corrected chi connectivity index (χ0v) is 13.7. The summed E-state index contributed by atoms with van der Waals surface area (Å²) >= 11 is 3.57. The van der Waals surface area contributed by atoms with Crippen LogP contribution in [0.25, 0.3) is 0 Å². The fourth-order valence-electron chi connectivity index (χ4n) is 2.31. The molecule has 1 aliphatic carbocycles. The van der Waals surface area contributed by atoms with E-state index in [0.29, 0.717) is 12.6 Å². The number of pyridine rings is 1. The van der Waals surface area contributed by atoms with E-state index < -0.39 is 0 Å². The first-order valence-electron chi connectivity index (χ1n) is 7.26. The molecule has 0 saturated heterocycles. The summed E-state index contributed by atoms with van der Waals surface area (Å²) in [5.74, 6) is 0.989. The Bertz CT molecular complexity index is 612. The fourth-order valence-corrected chi connectivity index (χ4v) is 2.93. The zero-order valence-electron chi connectivity index (χ0n) is 12.1. The van der Waals surface area contributed by atoms with Crippen molar-refractivity contribution >= 4 is 15.9 Å². The van der Waals surface area contributed by atoms with Crippen molar-refractivity contribution in [2.75, 3.05) is 0 Å². The van der Waals surface area contributed by atoms with Crippen LogP contribution >= 0.6 is 15.9 Å². The highest BCUT2D eigenvalue weighted by Gasteiger charge is 2.21. The molecule has 1 heterocycles. The molecule has 110 valence electrons. The van der Waals surface area contributed by atoms with E-state index in [1.807, 2.05) is 12.1 Å². The quantitative estimate of drug-likeness (QED) is 0.858. The van der Waals surface area contributed by atoms with E-state index in [2.05, 4.69) is 45.3 Å². The van der Waals surface area contributed by atoms with E-state index in [1.165, 1.54) is 18.4 Å². The minimum Gasteiger partial charge on any atom is -0.488 e. The molecule has 1 aromatic carbocycles. The zero-order chi connectivity index (χ0) is 14.7. The Morgan fingerprint density at radius 1 is 1.29 bits per heavy atom. The summed E-state index contributed by atoms with van der Waals surface area (Å²) in [7, 11) is 0. The van der Waals surface area contributed by atoms with Crippen molar-refractivity contribution in [1.29, 1.82) is 0 Å². The Morgan fingerprint density at radius 2 is 2.05 bits per heavy atom. The first kappa shape index (κ1) is 14.5. The second-order valence-electron chi connectivity index (χ2n) is 5.51. The molecule has 3 rings (SSSR count). The Morgan fingerprint density at radius 3 is 2.76 bits per heavy atom. The maximum atomic E-state index is 6.07. The summed E-state index contributed by atoms with van der Waals surface area (Å²) in [5, 5.41) is 3.56. The van der Waals surface area contributed by atoms with Crippen LogP contribution in [0.4, 0.5) is 0 Å². The topological polar surface area (TPSA) is 34.1 Å². The molecule has 0 aliphatic heterocycles. The first-order chi connectivity index (χ1) is 10.2. The molecule has 21 heavy (non-hydrogen) atoms. The van der Waals surface area contributed by atoms with Crippen molar-refractivity contribution in [3.05, 3.63) is 57.8 Å². The van der Waals surface area contributed by atoms with E-state index in [1.54, 1.807) is 12.4 Å². The van der Waals surface area contributed by atoms with Crippen LogP contribution in [0.3, 0.4) is 0 Å². The van der Waals surface area contributed by atoms with E-state index in [4.69, 9.17) is 4.74 Å². The van der Waals surface area contributed by atoms with E-state index in [-0.39, 0.29) is 0 Å². The van der Waals surface area contributed by atoms with Crippen molar-refractivity contribution < 1.29 is 4.74 Å². The molecule has 0 radical (unpaired) electrons. The molecule has 4 heteroatoms. The van der Waals surface area contributed by atoms with Crippen molar-refractivity contribution in [3.8, 4) is 5.75 Å². The van der Waals surface area contributed by atoms with Crippen LogP contribution in [0, 0.1) is 6.92 Å². The lowest BCUT2D eigenvalue weighted by Crippen LogP contribution is -2.16. The number of hydrogen-bond donors (Lipinski definition) is 1. The molecule has 1 aromatic heterocycles. The highest BCUT2D eigenvalue weighted by Crippen LogP contribution is 2.30. The van der Waals surface area contributed by atoms with Gasteiger partial charge in [-0.1, -0.05) is 15.9 Å². The normalized spacial score (nSPS) is 14.2. The summed E-state index contributed by atoms with van der Waals surface area (Å²) in [6.07, 6.45) is 6.17. The summed E-state index contributed by atoms with van der Waals surface area (Å²) < 4.78 is 7.17. The smallest absolute Gasteiger partial charge is 0.127 e. The molecule has 1 saturated carbocycles. The standard InChI is InChI=1S/C17H19BrN2O/c1-12-8-15(18)9-14(10-20-16-2-3-16)17(12)21-11-13-4-6-19-7-5-13/h4-9,16,20H,2-3,10-11H2,1H3. The third-order valence-corrected chi connectivity index (χ3v) is 4.07. The molecule has 1 fully saturated rings. The summed E-state index contributed by atoms with van der Waals surface area (Å²) in [4.78, 5) is 4.03. The molecular weight excluding hydrogens is 328 g/mol. The van der Waals surface area contributed by atoms with Crippen LogP contribution in [-0.4, -0.2) is 11.0 Å². The lowest BCUT2D eigenvalue weighted by Gasteiger charge is -2.15. The van der Waals surface area contributed by atoms with Crippen LogP contribution in [0.2, 0.25) is 0 Å².